The highest BCUT2D eigenvalue weighted by Crippen LogP contribution is 2.01. The number of nitrogens with zero attached hydrogens (tertiary/aromatic N) is 2. The second kappa shape index (κ2) is 7.98. The highest BCUT2D eigenvalue weighted by molar-refractivity contribution is 5.41. The van der Waals surface area contributed by atoms with Crippen molar-refractivity contribution in [2.24, 2.45) is 0 Å². The Labute approximate surface area is 115 Å². The van der Waals surface area contributed by atoms with Gasteiger partial charge in [0, 0.05) is 12.4 Å². The molecule has 0 bridgehead atoms. The van der Waals surface area contributed by atoms with E-state index in [0.29, 0.717) is 0 Å². The first-order chi connectivity index (χ1) is 9.19. The van der Waals surface area contributed by atoms with Crippen LogP contribution in [0.5, 0.6) is 0 Å². The lowest BCUT2D eigenvalue weighted by atomic mass is 10.2. The van der Waals surface area contributed by atoms with E-state index in [2.05, 4.69) is 36.1 Å². The first-order valence-corrected chi connectivity index (χ1v) is 6.32. The Balaban J connectivity index is 0.000000191. The third kappa shape index (κ3) is 5.30. The van der Waals surface area contributed by atoms with Gasteiger partial charge >= 0.3 is 0 Å². The zero-order valence-corrected chi connectivity index (χ0v) is 11.6. The minimum absolute atomic E-state index is 0.931. The number of pyridine rings is 2. The predicted octanol–water partition coefficient (Wildman–Crippen LogP) is 4.32. The molecule has 0 amide bonds. The fourth-order valence-corrected chi connectivity index (χ4v) is 1.37. The van der Waals surface area contributed by atoms with Crippen LogP contribution in [0.3, 0.4) is 0 Å². The zero-order chi connectivity index (χ0) is 14.1. The Morgan fingerprint density at radius 1 is 0.947 bits per heavy atom. The molecule has 0 radical (unpaired) electrons. The standard InChI is InChI=1S/C9H11N.C8H9N/c1-3-8-5-6-9(4-2)10-7-8;1-3-8-5-4-7(2)6-9-8/h4-7H,2-3H2,1H3;3-6H,1H2,2H3. The minimum Gasteiger partial charge on any atom is -0.257 e. The lowest BCUT2D eigenvalue weighted by molar-refractivity contribution is 1.10. The molecule has 2 heteroatoms. The molecule has 0 aliphatic carbocycles. The fraction of sp³-hybridized carbons (Fsp3) is 0.176. The van der Waals surface area contributed by atoms with Crippen LogP contribution in [0.1, 0.15) is 29.4 Å². The van der Waals surface area contributed by atoms with Crippen molar-refractivity contribution in [3.63, 3.8) is 0 Å². The molecule has 98 valence electrons. The van der Waals surface area contributed by atoms with Crippen molar-refractivity contribution in [3.05, 3.63) is 72.3 Å². The molecular formula is C17H20N2. The van der Waals surface area contributed by atoms with Gasteiger partial charge in [-0.25, -0.2) is 0 Å². The molecule has 2 aromatic heterocycles. The van der Waals surface area contributed by atoms with E-state index in [1.54, 1.807) is 12.2 Å². The predicted molar refractivity (Wildman–Crippen MR) is 82.8 cm³/mol. The van der Waals surface area contributed by atoms with Gasteiger partial charge in [0.2, 0.25) is 0 Å². The van der Waals surface area contributed by atoms with Crippen molar-refractivity contribution in [3.8, 4) is 0 Å². The van der Waals surface area contributed by atoms with Crippen molar-refractivity contribution in [2.45, 2.75) is 20.3 Å². The summed E-state index contributed by atoms with van der Waals surface area (Å²) in [6.45, 7) is 11.4. The van der Waals surface area contributed by atoms with E-state index in [1.165, 1.54) is 11.1 Å². The maximum absolute atomic E-state index is 4.15. The largest absolute Gasteiger partial charge is 0.257 e. The molecular weight excluding hydrogens is 232 g/mol. The first kappa shape index (κ1) is 14.8. The smallest absolute Gasteiger partial charge is 0.0623 e. The Morgan fingerprint density at radius 3 is 1.89 bits per heavy atom. The number of rotatable bonds is 3. The molecule has 0 fully saturated rings. The van der Waals surface area contributed by atoms with Gasteiger partial charge in [-0.1, -0.05) is 32.2 Å². The van der Waals surface area contributed by atoms with Crippen LogP contribution in [0.25, 0.3) is 12.2 Å². The lowest BCUT2D eigenvalue weighted by Gasteiger charge is -1.94. The molecule has 0 saturated carbocycles. The number of aromatic nitrogens is 2. The summed E-state index contributed by atoms with van der Waals surface area (Å²) in [4.78, 5) is 8.23. The van der Waals surface area contributed by atoms with Gasteiger partial charge < -0.3 is 0 Å². The van der Waals surface area contributed by atoms with E-state index in [-0.39, 0.29) is 0 Å². The summed E-state index contributed by atoms with van der Waals surface area (Å²) in [7, 11) is 0. The van der Waals surface area contributed by atoms with Crippen molar-refractivity contribution in [1.29, 1.82) is 0 Å². The van der Waals surface area contributed by atoms with E-state index in [0.717, 1.165) is 17.8 Å². The normalized spacial score (nSPS) is 9.16. The SMILES string of the molecule is C=Cc1ccc(C)cn1.C=Cc1ccc(CC)cn1. The molecule has 2 heterocycles. The molecule has 0 N–H and O–H groups in total. The van der Waals surface area contributed by atoms with Gasteiger partial charge in [-0.3, -0.25) is 9.97 Å². The molecule has 19 heavy (non-hydrogen) atoms. The lowest BCUT2D eigenvalue weighted by Crippen LogP contribution is -1.83. The third-order valence-corrected chi connectivity index (χ3v) is 2.61. The number of aryl methyl sites for hydroxylation is 2. The van der Waals surface area contributed by atoms with Crippen LogP contribution in [0, 0.1) is 6.92 Å². The summed E-state index contributed by atoms with van der Waals surface area (Å²) < 4.78 is 0. The highest BCUT2D eigenvalue weighted by atomic mass is 14.7. The van der Waals surface area contributed by atoms with Gasteiger partial charge in [-0.15, -0.1) is 0 Å². The van der Waals surface area contributed by atoms with Crippen LogP contribution in [0.4, 0.5) is 0 Å². The molecule has 0 saturated heterocycles. The van der Waals surface area contributed by atoms with Crippen molar-refractivity contribution >= 4 is 12.2 Å². The summed E-state index contributed by atoms with van der Waals surface area (Å²) >= 11 is 0. The quantitative estimate of drug-likeness (QED) is 0.813. The van der Waals surface area contributed by atoms with Gasteiger partial charge in [0.25, 0.3) is 0 Å². The molecule has 0 atom stereocenters. The maximum Gasteiger partial charge on any atom is 0.0623 e. The Hall–Kier alpha value is -2.22. The molecule has 2 nitrogen and oxygen atoms in total. The van der Waals surface area contributed by atoms with Crippen LogP contribution < -0.4 is 0 Å². The summed E-state index contributed by atoms with van der Waals surface area (Å²) in [6, 6.07) is 8.02. The van der Waals surface area contributed by atoms with E-state index in [1.807, 2.05) is 37.5 Å². The molecule has 0 spiro atoms. The summed E-state index contributed by atoms with van der Waals surface area (Å²) in [5.74, 6) is 0. The average molecular weight is 252 g/mol. The molecule has 0 unspecified atom stereocenters. The van der Waals surface area contributed by atoms with E-state index >= 15 is 0 Å². The second-order valence-electron chi connectivity index (χ2n) is 4.11. The second-order valence-corrected chi connectivity index (χ2v) is 4.11. The van der Waals surface area contributed by atoms with Crippen LogP contribution in [-0.2, 0) is 6.42 Å². The van der Waals surface area contributed by atoms with Crippen molar-refractivity contribution < 1.29 is 0 Å². The molecule has 2 aromatic rings. The Kier molecular flexibility index (Phi) is 6.23. The van der Waals surface area contributed by atoms with Gasteiger partial charge in [-0.2, -0.15) is 0 Å². The molecule has 0 aromatic carbocycles. The van der Waals surface area contributed by atoms with Gasteiger partial charge in [0.05, 0.1) is 11.4 Å². The highest BCUT2D eigenvalue weighted by Gasteiger charge is 1.88. The minimum atomic E-state index is 0.931. The van der Waals surface area contributed by atoms with Gasteiger partial charge in [0.15, 0.2) is 0 Å². The third-order valence-electron chi connectivity index (χ3n) is 2.61. The van der Waals surface area contributed by atoms with Crippen LogP contribution >= 0.6 is 0 Å². The fourth-order valence-electron chi connectivity index (χ4n) is 1.37. The molecule has 0 aliphatic rings. The summed E-state index contributed by atoms with van der Waals surface area (Å²) in [5, 5.41) is 0. The topological polar surface area (TPSA) is 25.8 Å². The summed E-state index contributed by atoms with van der Waals surface area (Å²) in [5.41, 5.74) is 4.32. The number of hydrogen-bond acceptors (Lipinski definition) is 2. The van der Waals surface area contributed by atoms with Crippen LogP contribution in [0.15, 0.2) is 49.8 Å². The Morgan fingerprint density at radius 2 is 1.53 bits per heavy atom. The molecule has 0 aliphatic heterocycles. The monoisotopic (exact) mass is 252 g/mol. The molecule has 2 rings (SSSR count). The number of hydrogen-bond donors (Lipinski definition) is 0. The summed E-state index contributed by atoms with van der Waals surface area (Å²) in [6.07, 6.45) is 8.25. The first-order valence-electron chi connectivity index (χ1n) is 6.32. The maximum atomic E-state index is 4.15. The zero-order valence-electron chi connectivity index (χ0n) is 11.6. The van der Waals surface area contributed by atoms with E-state index in [9.17, 15) is 0 Å². The van der Waals surface area contributed by atoms with Gasteiger partial charge in [0.1, 0.15) is 0 Å². The van der Waals surface area contributed by atoms with Crippen molar-refractivity contribution in [2.75, 3.05) is 0 Å². The van der Waals surface area contributed by atoms with Gasteiger partial charge in [-0.05, 0) is 48.8 Å². The van der Waals surface area contributed by atoms with E-state index < -0.39 is 0 Å². The average Bonchev–Trinajstić information content (AvgIpc) is 2.49. The van der Waals surface area contributed by atoms with Crippen LogP contribution in [-0.4, -0.2) is 9.97 Å². The Bertz CT molecular complexity index is 510. The van der Waals surface area contributed by atoms with E-state index in [4.69, 9.17) is 0 Å². The van der Waals surface area contributed by atoms with Crippen molar-refractivity contribution in [1.82, 2.24) is 9.97 Å². The van der Waals surface area contributed by atoms with Crippen LogP contribution in [0.2, 0.25) is 0 Å².